The summed E-state index contributed by atoms with van der Waals surface area (Å²) in [6.45, 7) is 1.83. The predicted molar refractivity (Wildman–Crippen MR) is 97.7 cm³/mol. The quantitative estimate of drug-likeness (QED) is 0.749. The van der Waals surface area contributed by atoms with Crippen LogP contribution in [0.4, 0.5) is 5.69 Å². The third-order valence-electron chi connectivity index (χ3n) is 4.26. The van der Waals surface area contributed by atoms with Crippen LogP contribution in [0.2, 0.25) is 0 Å². The van der Waals surface area contributed by atoms with Gasteiger partial charge >= 0.3 is 0 Å². The minimum absolute atomic E-state index is 0.228. The van der Waals surface area contributed by atoms with Crippen LogP contribution in [0, 0.1) is 6.92 Å². The first-order valence-electron chi connectivity index (χ1n) is 7.95. The number of rotatable bonds is 5. The zero-order valence-corrected chi connectivity index (χ0v) is 14.1. The Balaban J connectivity index is 2.06. The molecule has 1 aromatic heterocycles. The zero-order valence-electron chi connectivity index (χ0n) is 14.1. The molecule has 6 heteroatoms. The number of aromatic nitrogens is 2. The molecule has 0 saturated heterocycles. The summed E-state index contributed by atoms with van der Waals surface area (Å²) in [5, 5.41) is 3.03. The Morgan fingerprint density at radius 1 is 1.04 bits per heavy atom. The summed E-state index contributed by atoms with van der Waals surface area (Å²) in [6.07, 6.45) is 0. The lowest BCUT2D eigenvalue weighted by Gasteiger charge is -2.16. The molecule has 0 unspecified atom stereocenters. The maximum atomic E-state index is 12.9. The van der Waals surface area contributed by atoms with E-state index in [2.05, 4.69) is 5.32 Å². The van der Waals surface area contributed by atoms with Gasteiger partial charge in [-0.05, 0) is 24.6 Å². The fraction of sp³-hybridized carbons (Fsp3) is 0.158. The van der Waals surface area contributed by atoms with Gasteiger partial charge < -0.3 is 11.1 Å². The SMILES string of the molecule is Cc1c(N[C@@H](C(N)=O)c2ccccc2)c(=O)n(-c2ccccc2)n1C. The Hall–Kier alpha value is -3.28. The number of nitrogens with zero attached hydrogens (tertiary/aromatic N) is 2. The molecule has 0 aliphatic heterocycles. The lowest BCUT2D eigenvalue weighted by Crippen LogP contribution is -2.30. The topological polar surface area (TPSA) is 82.1 Å². The number of nitrogens with two attached hydrogens (primary N) is 1. The summed E-state index contributed by atoms with van der Waals surface area (Å²) in [4.78, 5) is 24.9. The molecule has 1 heterocycles. The molecule has 0 bridgehead atoms. The van der Waals surface area contributed by atoms with Gasteiger partial charge in [-0.3, -0.25) is 14.3 Å². The number of primary amides is 1. The van der Waals surface area contributed by atoms with Crippen molar-refractivity contribution in [1.29, 1.82) is 0 Å². The highest BCUT2D eigenvalue weighted by atomic mass is 16.2. The average Bonchev–Trinajstić information content (AvgIpc) is 2.83. The van der Waals surface area contributed by atoms with Crippen molar-refractivity contribution in [2.75, 3.05) is 5.32 Å². The van der Waals surface area contributed by atoms with E-state index in [9.17, 15) is 9.59 Å². The third kappa shape index (κ3) is 3.06. The molecule has 0 aliphatic carbocycles. The summed E-state index contributed by atoms with van der Waals surface area (Å²) >= 11 is 0. The van der Waals surface area contributed by atoms with Gasteiger partial charge in [0.25, 0.3) is 5.56 Å². The highest BCUT2D eigenvalue weighted by Crippen LogP contribution is 2.21. The molecule has 3 N–H and O–H groups in total. The minimum atomic E-state index is -0.778. The summed E-state index contributed by atoms with van der Waals surface area (Å²) < 4.78 is 3.31. The van der Waals surface area contributed by atoms with Crippen LogP contribution in [0.1, 0.15) is 17.3 Å². The van der Waals surface area contributed by atoms with Crippen molar-refractivity contribution in [2.45, 2.75) is 13.0 Å². The summed E-state index contributed by atoms with van der Waals surface area (Å²) in [5.41, 5.74) is 7.87. The first-order chi connectivity index (χ1) is 12.0. The van der Waals surface area contributed by atoms with Gasteiger partial charge in [-0.15, -0.1) is 0 Å². The monoisotopic (exact) mass is 336 g/mol. The Morgan fingerprint density at radius 3 is 2.16 bits per heavy atom. The largest absolute Gasteiger partial charge is 0.368 e. The molecule has 6 nitrogen and oxygen atoms in total. The van der Waals surface area contributed by atoms with Gasteiger partial charge in [0, 0.05) is 7.05 Å². The predicted octanol–water partition coefficient (Wildman–Crippen LogP) is 2.12. The van der Waals surface area contributed by atoms with E-state index in [-0.39, 0.29) is 5.56 Å². The molecule has 0 saturated carbocycles. The number of nitrogens with one attached hydrogen (secondary N) is 1. The van der Waals surface area contributed by atoms with Crippen molar-refractivity contribution in [2.24, 2.45) is 12.8 Å². The van der Waals surface area contributed by atoms with E-state index in [0.29, 0.717) is 11.3 Å². The molecule has 128 valence electrons. The Kier molecular flexibility index (Phi) is 4.43. The third-order valence-corrected chi connectivity index (χ3v) is 4.26. The molecule has 1 atom stereocenters. The lowest BCUT2D eigenvalue weighted by atomic mass is 10.1. The number of carbonyl (C=O) groups excluding carboxylic acids is 1. The maximum Gasteiger partial charge on any atom is 0.295 e. The molecule has 3 aromatic rings. The smallest absolute Gasteiger partial charge is 0.295 e. The van der Waals surface area contributed by atoms with E-state index in [0.717, 1.165) is 11.4 Å². The van der Waals surface area contributed by atoms with Crippen LogP contribution < -0.4 is 16.6 Å². The Labute approximate surface area is 145 Å². The van der Waals surface area contributed by atoms with Gasteiger partial charge in [-0.25, -0.2) is 4.68 Å². The first kappa shape index (κ1) is 16.6. The molecule has 2 aromatic carbocycles. The lowest BCUT2D eigenvalue weighted by molar-refractivity contribution is -0.118. The second-order valence-electron chi connectivity index (χ2n) is 5.83. The second-order valence-corrected chi connectivity index (χ2v) is 5.83. The summed E-state index contributed by atoms with van der Waals surface area (Å²) in [6, 6.07) is 17.7. The number of hydrogen-bond acceptors (Lipinski definition) is 3. The Morgan fingerprint density at radius 2 is 1.60 bits per heavy atom. The number of amides is 1. The van der Waals surface area contributed by atoms with Crippen LogP contribution in [0.5, 0.6) is 0 Å². The number of benzene rings is 2. The van der Waals surface area contributed by atoms with Crippen molar-refractivity contribution in [3.8, 4) is 5.69 Å². The first-order valence-corrected chi connectivity index (χ1v) is 7.95. The van der Waals surface area contributed by atoms with E-state index in [1.807, 2.05) is 55.5 Å². The van der Waals surface area contributed by atoms with Crippen molar-refractivity contribution in [3.05, 3.63) is 82.3 Å². The summed E-state index contributed by atoms with van der Waals surface area (Å²) in [5.74, 6) is -0.542. The zero-order chi connectivity index (χ0) is 18.0. The van der Waals surface area contributed by atoms with Gasteiger partial charge in [0.1, 0.15) is 11.7 Å². The maximum absolute atomic E-state index is 12.9. The van der Waals surface area contributed by atoms with Crippen molar-refractivity contribution < 1.29 is 4.79 Å². The number of anilines is 1. The van der Waals surface area contributed by atoms with Crippen molar-refractivity contribution >= 4 is 11.6 Å². The standard InChI is InChI=1S/C19H20N4O2/c1-13-16(21-17(18(20)24)14-9-5-3-6-10-14)19(25)23(22(13)2)15-11-7-4-8-12-15/h3-12,17,21H,1-2H3,(H2,20,24)/t17-/m1/s1. The van der Waals surface area contributed by atoms with E-state index in [1.165, 1.54) is 0 Å². The molecule has 3 rings (SSSR count). The Bertz CT molecular complexity index is 943. The molecule has 0 aliphatic rings. The van der Waals surface area contributed by atoms with Crippen LogP contribution in [-0.2, 0) is 11.8 Å². The van der Waals surface area contributed by atoms with Crippen molar-refractivity contribution in [3.63, 3.8) is 0 Å². The highest BCUT2D eigenvalue weighted by Gasteiger charge is 2.23. The normalized spacial score (nSPS) is 11.9. The van der Waals surface area contributed by atoms with Crippen LogP contribution in [0.25, 0.3) is 5.69 Å². The van der Waals surface area contributed by atoms with Gasteiger partial charge in [-0.1, -0.05) is 48.5 Å². The van der Waals surface area contributed by atoms with Gasteiger partial charge in [-0.2, -0.15) is 0 Å². The minimum Gasteiger partial charge on any atom is -0.368 e. The van der Waals surface area contributed by atoms with Crippen LogP contribution in [0.15, 0.2) is 65.5 Å². The van der Waals surface area contributed by atoms with Gasteiger partial charge in [0.2, 0.25) is 5.91 Å². The fourth-order valence-electron chi connectivity index (χ4n) is 2.84. The molecular formula is C19H20N4O2. The second kappa shape index (κ2) is 6.68. The molecular weight excluding hydrogens is 316 g/mol. The fourth-order valence-corrected chi connectivity index (χ4v) is 2.84. The molecule has 25 heavy (non-hydrogen) atoms. The number of carbonyl (C=O) groups is 1. The van der Waals surface area contributed by atoms with Gasteiger partial charge in [0.15, 0.2) is 0 Å². The van der Waals surface area contributed by atoms with E-state index in [1.54, 1.807) is 28.5 Å². The number of hydrogen-bond donors (Lipinski definition) is 2. The van der Waals surface area contributed by atoms with Crippen molar-refractivity contribution in [1.82, 2.24) is 9.36 Å². The van der Waals surface area contributed by atoms with Crippen LogP contribution in [0.3, 0.4) is 0 Å². The van der Waals surface area contributed by atoms with E-state index in [4.69, 9.17) is 5.73 Å². The highest BCUT2D eigenvalue weighted by molar-refractivity contribution is 5.84. The average molecular weight is 336 g/mol. The van der Waals surface area contributed by atoms with Crippen LogP contribution in [-0.4, -0.2) is 15.3 Å². The molecule has 0 fully saturated rings. The van der Waals surface area contributed by atoms with E-state index >= 15 is 0 Å². The van der Waals surface area contributed by atoms with Crippen LogP contribution >= 0.6 is 0 Å². The molecule has 1 amide bonds. The molecule has 0 spiro atoms. The van der Waals surface area contributed by atoms with E-state index < -0.39 is 11.9 Å². The van der Waals surface area contributed by atoms with Gasteiger partial charge in [0.05, 0.1) is 11.4 Å². The summed E-state index contributed by atoms with van der Waals surface area (Å²) in [7, 11) is 1.80. The molecule has 0 radical (unpaired) electrons. The number of para-hydroxylation sites is 1.